The molecule has 0 saturated heterocycles. The second-order valence-corrected chi connectivity index (χ2v) is 3.82. The Morgan fingerprint density at radius 2 is 0.900 bits per heavy atom. The molecule has 0 heterocycles. The smallest absolute Gasteiger partial charge is 0.248 e. The van der Waals surface area contributed by atoms with E-state index in [1.54, 1.807) is 0 Å². The van der Waals surface area contributed by atoms with Crippen LogP contribution in [-0.2, 0) is 0 Å². The van der Waals surface area contributed by atoms with Gasteiger partial charge >= 0.3 is 0 Å². The summed E-state index contributed by atoms with van der Waals surface area (Å²) in [5.41, 5.74) is 10.7. The summed E-state index contributed by atoms with van der Waals surface area (Å²) >= 11 is 0. The molecule has 0 aliphatic carbocycles. The van der Waals surface area contributed by atoms with Crippen molar-refractivity contribution < 1.29 is 19.8 Å². The van der Waals surface area contributed by atoms with E-state index in [1.165, 1.54) is 48.5 Å². The number of rotatable bonds is 2. The Bertz CT molecular complexity index is 536. The fourth-order valence-corrected chi connectivity index (χ4v) is 1.25. The normalized spacial score (nSPS) is 9.20. The Hall–Kier alpha value is -3.02. The van der Waals surface area contributed by atoms with Gasteiger partial charge in [0.15, 0.2) is 0 Å². The van der Waals surface area contributed by atoms with E-state index < -0.39 is 11.8 Å². The molecule has 0 spiro atoms. The van der Waals surface area contributed by atoms with Crippen molar-refractivity contribution in [2.24, 2.45) is 11.5 Å². The van der Waals surface area contributed by atoms with Gasteiger partial charge in [0.2, 0.25) is 11.8 Å². The Balaban J connectivity index is 0.000000200. The fourth-order valence-electron chi connectivity index (χ4n) is 1.25. The minimum atomic E-state index is -0.486. The number of carbonyl (C=O) groups excluding carboxylic acids is 2. The highest BCUT2D eigenvalue weighted by molar-refractivity contribution is 5.93. The summed E-state index contributed by atoms with van der Waals surface area (Å²) in [6.45, 7) is 0. The second kappa shape index (κ2) is 6.79. The minimum absolute atomic E-state index is 0.130. The average Bonchev–Trinajstić information content (AvgIpc) is 2.40. The van der Waals surface area contributed by atoms with E-state index in [1.807, 2.05) is 0 Å². The van der Waals surface area contributed by atoms with Crippen molar-refractivity contribution in [3.8, 4) is 11.5 Å². The number of carbonyl (C=O) groups is 2. The summed E-state index contributed by atoms with van der Waals surface area (Å²) < 4.78 is 0. The van der Waals surface area contributed by atoms with Gasteiger partial charge in [-0.2, -0.15) is 0 Å². The van der Waals surface area contributed by atoms with Gasteiger partial charge in [0, 0.05) is 11.1 Å². The Kier molecular flexibility index (Phi) is 5.11. The molecule has 0 aliphatic heterocycles. The SMILES string of the molecule is NC(=O)c1ccc(O)cc1.NC(=O)c1ccc(O)cc1. The fraction of sp³-hybridized carbons (Fsp3) is 0. The lowest BCUT2D eigenvalue weighted by molar-refractivity contribution is 0.0992. The topological polar surface area (TPSA) is 127 Å². The van der Waals surface area contributed by atoms with Crippen LogP contribution in [0.2, 0.25) is 0 Å². The molecule has 0 fully saturated rings. The number of phenols is 2. The van der Waals surface area contributed by atoms with E-state index in [2.05, 4.69) is 0 Å². The van der Waals surface area contributed by atoms with Crippen LogP contribution in [0.1, 0.15) is 20.7 Å². The summed E-state index contributed by atoms with van der Waals surface area (Å²) in [7, 11) is 0. The molecule has 0 bridgehead atoms. The first kappa shape index (κ1) is 15.0. The van der Waals surface area contributed by atoms with E-state index in [0.717, 1.165) is 0 Å². The number of nitrogens with two attached hydrogens (primary N) is 2. The molecule has 6 N–H and O–H groups in total. The number of phenolic OH excluding ortho intramolecular Hbond substituents is 2. The van der Waals surface area contributed by atoms with Gasteiger partial charge in [-0.3, -0.25) is 9.59 Å². The largest absolute Gasteiger partial charge is 0.508 e. The Morgan fingerprint density at radius 1 is 0.650 bits per heavy atom. The molecular formula is C14H14N2O4. The molecule has 2 aromatic rings. The quantitative estimate of drug-likeness (QED) is 0.651. The lowest BCUT2D eigenvalue weighted by Gasteiger charge is -1.93. The first-order valence-electron chi connectivity index (χ1n) is 5.58. The zero-order valence-corrected chi connectivity index (χ0v) is 10.5. The summed E-state index contributed by atoms with van der Waals surface area (Å²) in [6, 6.07) is 11.5. The molecule has 6 nitrogen and oxygen atoms in total. The molecule has 2 amide bonds. The van der Waals surface area contributed by atoms with Gasteiger partial charge in [-0.05, 0) is 48.5 Å². The third-order valence-corrected chi connectivity index (χ3v) is 2.30. The van der Waals surface area contributed by atoms with Gasteiger partial charge < -0.3 is 21.7 Å². The van der Waals surface area contributed by atoms with Crippen molar-refractivity contribution in [2.45, 2.75) is 0 Å². The van der Waals surface area contributed by atoms with Gasteiger partial charge in [0.1, 0.15) is 11.5 Å². The van der Waals surface area contributed by atoms with Gasteiger partial charge in [0.25, 0.3) is 0 Å². The highest BCUT2D eigenvalue weighted by Crippen LogP contribution is 2.09. The Morgan fingerprint density at radius 3 is 1.10 bits per heavy atom. The molecule has 0 atom stereocenters. The molecule has 0 aromatic heterocycles. The first-order chi connectivity index (χ1) is 9.40. The van der Waals surface area contributed by atoms with Crippen molar-refractivity contribution in [1.82, 2.24) is 0 Å². The number of aromatic hydroxyl groups is 2. The molecule has 0 aliphatic rings. The van der Waals surface area contributed by atoms with Crippen molar-refractivity contribution in [2.75, 3.05) is 0 Å². The number of amides is 2. The van der Waals surface area contributed by atoms with Crippen molar-refractivity contribution in [3.63, 3.8) is 0 Å². The third-order valence-electron chi connectivity index (χ3n) is 2.30. The number of hydrogen-bond acceptors (Lipinski definition) is 4. The monoisotopic (exact) mass is 274 g/mol. The summed E-state index contributed by atoms with van der Waals surface area (Å²) in [4.78, 5) is 20.9. The van der Waals surface area contributed by atoms with E-state index in [9.17, 15) is 9.59 Å². The van der Waals surface area contributed by atoms with E-state index in [-0.39, 0.29) is 11.5 Å². The van der Waals surface area contributed by atoms with Crippen LogP contribution in [0, 0.1) is 0 Å². The number of primary amides is 2. The third kappa shape index (κ3) is 4.69. The average molecular weight is 274 g/mol. The lowest BCUT2D eigenvalue weighted by Crippen LogP contribution is -2.10. The van der Waals surface area contributed by atoms with Crippen LogP contribution >= 0.6 is 0 Å². The summed E-state index contributed by atoms with van der Waals surface area (Å²) in [5, 5.41) is 17.6. The van der Waals surface area contributed by atoms with Crippen LogP contribution in [0.5, 0.6) is 11.5 Å². The van der Waals surface area contributed by atoms with E-state index in [4.69, 9.17) is 21.7 Å². The number of benzene rings is 2. The van der Waals surface area contributed by atoms with Crippen molar-refractivity contribution >= 4 is 11.8 Å². The zero-order valence-electron chi connectivity index (χ0n) is 10.5. The molecule has 0 unspecified atom stereocenters. The van der Waals surface area contributed by atoms with Crippen LogP contribution in [0.25, 0.3) is 0 Å². The number of hydrogen-bond donors (Lipinski definition) is 4. The molecule has 6 heteroatoms. The molecular weight excluding hydrogens is 260 g/mol. The molecule has 2 rings (SSSR count). The maximum Gasteiger partial charge on any atom is 0.248 e. The van der Waals surface area contributed by atoms with Gasteiger partial charge in [0.05, 0.1) is 0 Å². The predicted octanol–water partition coefficient (Wildman–Crippen LogP) is 0.982. The van der Waals surface area contributed by atoms with Gasteiger partial charge in [-0.25, -0.2) is 0 Å². The van der Waals surface area contributed by atoms with Crippen LogP contribution in [0.4, 0.5) is 0 Å². The van der Waals surface area contributed by atoms with Crippen LogP contribution in [0.15, 0.2) is 48.5 Å². The Labute approximate surface area is 115 Å². The van der Waals surface area contributed by atoms with E-state index >= 15 is 0 Å². The highest BCUT2D eigenvalue weighted by atomic mass is 16.3. The molecule has 2 aromatic carbocycles. The second-order valence-electron chi connectivity index (χ2n) is 3.82. The first-order valence-corrected chi connectivity index (χ1v) is 5.58. The zero-order chi connectivity index (χ0) is 15.1. The standard InChI is InChI=1S/2C7H7NO2/c2*8-7(10)5-1-3-6(9)4-2-5/h2*1-4,9H,(H2,8,10). The summed E-state index contributed by atoms with van der Waals surface area (Å²) in [6.07, 6.45) is 0. The maximum absolute atomic E-state index is 10.5. The van der Waals surface area contributed by atoms with Crippen LogP contribution in [-0.4, -0.2) is 22.0 Å². The van der Waals surface area contributed by atoms with Crippen molar-refractivity contribution in [3.05, 3.63) is 59.7 Å². The highest BCUT2D eigenvalue weighted by Gasteiger charge is 1.97. The molecule has 0 saturated carbocycles. The molecule has 20 heavy (non-hydrogen) atoms. The lowest BCUT2D eigenvalue weighted by atomic mass is 10.2. The van der Waals surface area contributed by atoms with Crippen molar-refractivity contribution in [1.29, 1.82) is 0 Å². The van der Waals surface area contributed by atoms with E-state index in [0.29, 0.717) is 11.1 Å². The van der Waals surface area contributed by atoms with Crippen LogP contribution < -0.4 is 11.5 Å². The minimum Gasteiger partial charge on any atom is -0.508 e. The molecule has 0 radical (unpaired) electrons. The predicted molar refractivity (Wildman–Crippen MR) is 73.2 cm³/mol. The summed E-state index contributed by atoms with van der Waals surface area (Å²) in [5.74, 6) is -0.713. The van der Waals surface area contributed by atoms with Crippen LogP contribution in [0.3, 0.4) is 0 Å². The van der Waals surface area contributed by atoms with Gasteiger partial charge in [-0.1, -0.05) is 0 Å². The van der Waals surface area contributed by atoms with Gasteiger partial charge in [-0.15, -0.1) is 0 Å². The molecule has 104 valence electrons. The maximum atomic E-state index is 10.5.